The molecule has 5 nitrogen and oxygen atoms in total. The van der Waals surface area contributed by atoms with E-state index in [0.29, 0.717) is 5.69 Å². The van der Waals surface area contributed by atoms with Crippen LogP contribution in [0.4, 0.5) is 5.69 Å². The van der Waals surface area contributed by atoms with Crippen LogP contribution in [0.5, 0.6) is 5.75 Å². The van der Waals surface area contributed by atoms with E-state index in [1.807, 2.05) is 53.7 Å². The molecule has 0 aromatic heterocycles. The molecule has 1 N–H and O–H groups in total. The first-order valence-corrected chi connectivity index (χ1v) is 10.3. The maximum atomic E-state index is 13.3. The van der Waals surface area contributed by atoms with Gasteiger partial charge in [0.15, 0.2) is 0 Å². The van der Waals surface area contributed by atoms with E-state index in [2.05, 4.69) is 0 Å². The number of phenols is 1. The molecule has 2 saturated carbocycles. The second-order valence-corrected chi connectivity index (χ2v) is 11.1. The zero-order valence-electron chi connectivity index (χ0n) is 17.4. The molecule has 150 valence electrons. The van der Waals surface area contributed by atoms with Gasteiger partial charge in [-0.3, -0.25) is 14.5 Å². The summed E-state index contributed by atoms with van der Waals surface area (Å²) in [7, 11) is 0. The van der Waals surface area contributed by atoms with Crippen molar-refractivity contribution in [3.05, 3.63) is 23.3 Å². The van der Waals surface area contributed by atoms with Crippen molar-refractivity contribution in [3.8, 4) is 5.75 Å². The number of carbonyl (C=O) groups excluding carboxylic acids is 2. The molecule has 2 amide bonds. The molecule has 5 rings (SSSR count). The molecule has 4 aliphatic rings. The molecule has 0 spiro atoms. The van der Waals surface area contributed by atoms with Gasteiger partial charge in [-0.25, -0.2) is 0 Å². The number of anilines is 1. The van der Waals surface area contributed by atoms with Crippen LogP contribution in [0.15, 0.2) is 12.1 Å². The van der Waals surface area contributed by atoms with Gasteiger partial charge in [0.05, 0.1) is 29.7 Å². The van der Waals surface area contributed by atoms with E-state index in [-0.39, 0.29) is 64.3 Å². The Hall–Kier alpha value is -1.88. The summed E-state index contributed by atoms with van der Waals surface area (Å²) in [4.78, 5) is 28.1. The van der Waals surface area contributed by atoms with Crippen LogP contribution in [-0.4, -0.2) is 29.1 Å². The molecule has 5 heteroatoms. The molecule has 2 bridgehead atoms. The van der Waals surface area contributed by atoms with Gasteiger partial charge in [-0.15, -0.1) is 0 Å². The number of ether oxygens (including phenoxy) is 1. The summed E-state index contributed by atoms with van der Waals surface area (Å²) in [5.41, 5.74) is 1.52. The van der Waals surface area contributed by atoms with Crippen molar-refractivity contribution in [1.82, 2.24) is 0 Å². The number of benzene rings is 1. The highest BCUT2D eigenvalue weighted by Crippen LogP contribution is 2.64. The Morgan fingerprint density at radius 1 is 0.893 bits per heavy atom. The average molecular weight is 383 g/mol. The van der Waals surface area contributed by atoms with Crippen LogP contribution in [0.25, 0.3) is 0 Å². The van der Waals surface area contributed by atoms with E-state index in [1.165, 1.54) is 4.90 Å². The second-order valence-electron chi connectivity index (χ2n) is 11.1. The predicted octanol–water partition coefficient (Wildman–Crippen LogP) is 3.51. The van der Waals surface area contributed by atoms with Crippen LogP contribution >= 0.6 is 0 Å². The molecule has 6 unspecified atom stereocenters. The summed E-state index contributed by atoms with van der Waals surface area (Å²) < 4.78 is 5.70. The van der Waals surface area contributed by atoms with Crippen molar-refractivity contribution in [2.24, 2.45) is 23.7 Å². The van der Waals surface area contributed by atoms with Gasteiger partial charge in [-0.2, -0.15) is 0 Å². The van der Waals surface area contributed by atoms with E-state index in [4.69, 9.17) is 4.74 Å². The number of hydrogen-bond acceptors (Lipinski definition) is 4. The lowest BCUT2D eigenvalue weighted by atomic mass is 9.79. The van der Waals surface area contributed by atoms with Gasteiger partial charge >= 0.3 is 0 Å². The molecule has 2 heterocycles. The van der Waals surface area contributed by atoms with Gasteiger partial charge in [-0.05, 0) is 29.4 Å². The summed E-state index contributed by atoms with van der Waals surface area (Å²) in [6.07, 6.45) is 1.34. The Morgan fingerprint density at radius 3 is 1.71 bits per heavy atom. The summed E-state index contributed by atoms with van der Waals surface area (Å²) in [5, 5.41) is 11.0. The second kappa shape index (κ2) is 5.18. The third-order valence-electron chi connectivity index (χ3n) is 7.24. The lowest BCUT2D eigenvalue weighted by Gasteiger charge is -2.30. The van der Waals surface area contributed by atoms with Crippen LogP contribution in [0, 0.1) is 23.7 Å². The molecule has 1 aromatic rings. The molecular formula is C23H29NO4. The van der Waals surface area contributed by atoms with Crippen molar-refractivity contribution in [1.29, 1.82) is 0 Å². The van der Waals surface area contributed by atoms with Crippen LogP contribution in [0.3, 0.4) is 0 Å². The van der Waals surface area contributed by atoms with Crippen molar-refractivity contribution in [3.63, 3.8) is 0 Å². The first-order chi connectivity index (χ1) is 12.9. The largest absolute Gasteiger partial charge is 0.507 e. The van der Waals surface area contributed by atoms with Crippen molar-refractivity contribution < 1.29 is 19.4 Å². The number of aromatic hydroxyl groups is 1. The Kier molecular flexibility index (Phi) is 3.36. The van der Waals surface area contributed by atoms with E-state index in [9.17, 15) is 14.7 Å². The van der Waals surface area contributed by atoms with Crippen LogP contribution in [0.1, 0.15) is 59.1 Å². The normalized spacial score (nSPS) is 36.1. The summed E-state index contributed by atoms with van der Waals surface area (Å²) >= 11 is 0. The highest BCUT2D eigenvalue weighted by molar-refractivity contribution is 6.22. The number of nitrogens with zero attached hydrogens (tertiary/aromatic N) is 1. The maximum Gasteiger partial charge on any atom is 0.238 e. The lowest BCUT2D eigenvalue weighted by molar-refractivity contribution is -0.123. The first-order valence-electron chi connectivity index (χ1n) is 10.3. The first kappa shape index (κ1) is 18.2. The maximum absolute atomic E-state index is 13.3. The zero-order valence-corrected chi connectivity index (χ0v) is 17.4. The van der Waals surface area contributed by atoms with Gasteiger partial charge < -0.3 is 9.84 Å². The number of amides is 2. The van der Waals surface area contributed by atoms with E-state index in [0.717, 1.165) is 17.5 Å². The van der Waals surface area contributed by atoms with Crippen molar-refractivity contribution >= 4 is 17.5 Å². The fourth-order valence-electron chi connectivity index (χ4n) is 5.87. The Morgan fingerprint density at radius 2 is 1.32 bits per heavy atom. The summed E-state index contributed by atoms with van der Waals surface area (Å²) in [6.45, 7) is 12.2. The monoisotopic (exact) mass is 383 g/mol. The molecule has 0 radical (unpaired) electrons. The molecule has 2 aliphatic carbocycles. The van der Waals surface area contributed by atoms with Crippen LogP contribution in [0.2, 0.25) is 0 Å². The van der Waals surface area contributed by atoms with Gasteiger partial charge in [0.25, 0.3) is 0 Å². The fourth-order valence-corrected chi connectivity index (χ4v) is 5.87. The lowest BCUT2D eigenvalue weighted by Crippen LogP contribution is -2.34. The third-order valence-corrected chi connectivity index (χ3v) is 7.24. The number of hydrogen-bond donors (Lipinski definition) is 1. The van der Waals surface area contributed by atoms with E-state index < -0.39 is 0 Å². The van der Waals surface area contributed by atoms with Gasteiger partial charge in [-0.1, -0.05) is 41.5 Å². The zero-order chi connectivity index (χ0) is 20.3. The predicted molar refractivity (Wildman–Crippen MR) is 105 cm³/mol. The molecular weight excluding hydrogens is 354 g/mol. The SMILES string of the molecule is CC(C)(C)c1cc(N2C(=O)C3C4CC(C5OC45)C3C2=O)cc(C(C)(C)C)c1O. The molecule has 2 saturated heterocycles. The summed E-state index contributed by atoms with van der Waals surface area (Å²) in [6, 6.07) is 3.67. The Balaban J connectivity index is 1.62. The minimum Gasteiger partial charge on any atom is -0.507 e. The quantitative estimate of drug-likeness (QED) is 0.595. The molecule has 4 fully saturated rings. The number of fused-ring (bicyclic) bond motifs is 8. The standard InChI is InChI=1S/C23H29NO4/c1-22(2,3)13-7-10(8-14(17(13)25)23(4,5)6)24-20(26)15-11-9-12(16(15)21(24)27)19-18(11)28-19/h7-8,11-12,15-16,18-19,25H,9H2,1-6H3. The van der Waals surface area contributed by atoms with Gasteiger partial charge in [0.2, 0.25) is 11.8 Å². The summed E-state index contributed by atoms with van der Waals surface area (Å²) in [5.74, 6) is 0.0319. The molecule has 1 aromatic carbocycles. The minimum atomic E-state index is -0.309. The van der Waals surface area contributed by atoms with Crippen LogP contribution in [-0.2, 0) is 25.2 Å². The smallest absolute Gasteiger partial charge is 0.238 e. The Bertz CT molecular complexity index is 839. The van der Waals surface area contributed by atoms with Crippen LogP contribution < -0.4 is 4.90 Å². The fraction of sp³-hybridized carbons (Fsp3) is 0.652. The van der Waals surface area contributed by atoms with E-state index in [1.54, 1.807) is 0 Å². The molecule has 2 aliphatic heterocycles. The number of epoxide rings is 1. The number of rotatable bonds is 1. The average Bonchev–Trinajstić information content (AvgIpc) is 3.08. The highest BCUT2D eigenvalue weighted by Gasteiger charge is 2.73. The minimum absolute atomic E-state index is 0.0816. The third kappa shape index (κ3) is 2.23. The van der Waals surface area contributed by atoms with Crippen molar-refractivity contribution in [2.45, 2.75) is 71.0 Å². The molecule has 6 atom stereocenters. The van der Waals surface area contributed by atoms with E-state index >= 15 is 0 Å². The highest BCUT2D eigenvalue weighted by atomic mass is 16.6. The number of carbonyl (C=O) groups is 2. The van der Waals surface area contributed by atoms with Crippen molar-refractivity contribution in [2.75, 3.05) is 4.90 Å². The topological polar surface area (TPSA) is 70.1 Å². The molecule has 28 heavy (non-hydrogen) atoms. The Labute approximate surface area is 166 Å². The number of phenolic OH excluding ortho intramolecular Hbond substituents is 1. The van der Waals surface area contributed by atoms with Gasteiger partial charge in [0, 0.05) is 23.0 Å². The number of imide groups is 1. The van der Waals surface area contributed by atoms with Gasteiger partial charge in [0.1, 0.15) is 5.75 Å².